The Bertz CT molecular complexity index is 1050. The van der Waals surface area contributed by atoms with E-state index < -0.39 is 6.04 Å². The van der Waals surface area contributed by atoms with Gasteiger partial charge in [0.15, 0.2) is 5.11 Å². The summed E-state index contributed by atoms with van der Waals surface area (Å²) in [5.41, 5.74) is 1.19. The van der Waals surface area contributed by atoms with Gasteiger partial charge in [0.05, 0.1) is 7.11 Å². The largest absolute Gasteiger partial charge is 0.497 e. The third-order valence-corrected chi connectivity index (χ3v) is 7.06. The molecule has 35 heavy (non-hydrogen) atoms. The average molecular weight is 499 g/mol. The zero-order valence-electron chi connectivity index (χ0n) is 19.8. The smallest absolute Gasteiger partial charge is 0.252 e. The maximum atomic E-state index is 13.4. The molecule has 0 aliphatic carbocycles. The highest BCUT2D eigenvalue weighted by atomic mass is 32.1. The number of halogens is 1. The molecule has 2 N–H and O–H groups in total. The lowest BCUT2D eigenvalue weighted by molar-refractivity contribution is -0.134. The van der Waals surface area contributed by atoms with E-state index in [2.05, 4.69) is 15.5 Å². The van der Waals surface area contributed by atoms with Gasteiger partial charge in [0.1, 0.15) is 17.6 Å². The number of carbonyl (C=O) groups excluding carboxylic acids is 2. The van der Waals surface area contributed by atoms with Crippen LogP contribution in [0.1, 0.15) is 36.0 Å². The number of carbonyl (C=O) groups is 2. The first-order valence-corrected chi connectivity index (χ1v) is 12.4. The van der Waals surface area contributed by atoms with Crippen LogP contribution in [-0.2, 0) is 4.79 Å². The Labute approximate surface area is 210 Å². The normalized spacial score (nSPS) is 17.1. The summed E-state index contributed by atoms with van der Waals surface area (Å²) >= 11 is 5.55. The number of hydrogen-bond donors (Lipinski definition) is 2. The second-order valence-corrected chi connectivity index (χ2v) is 9.36. The van der Waals surface area contributed by atoms with Crippen LogP contribution in [0.3, 0.4) is 0 Å². The molecule has 2 aromatic carbocycles. The van der Waals surface area contributed by atoms with E-state index in [0.717, 1.165) is 31.6 Å². The molecule has 0 unspecified atom stereocenters. The van der Waals surface area contributed by atoms with Crippen LogP contribution >= 0.6 is 12.2 Å². The quantitative estimate of drug-likeness (QED) is 0.593. The molecule has 2 aliphatic heterocycles. The summed E-state index contributed by atoms with van der Waals surface area (Å²) in [4.78, 5) is 30.4. The van der Waals surface area contributed by atoms with Crippen molar-refractivity contribution in [3.8, 4) is 5.75 Å². The van der Waals surface area contributed by atoms with Crippen molar-refractivity contribution in [1.29, 1.82) is 0 Å². The number of benzene rings is 2. The van der Waals surface area contributed by atoms with Crippen molar-refractivity contribution in [3.05, 3.63) is 59.9 Å². The van der Waals surface area contributed by atoms with E-state index >= 15 is 0 Å². The maximum absolute atomic E-state index is 13.4. The summed E-state index contributed by atoms with van der Waals surface area (Å²) in [7, 11) is 1.56. The molecule has 0 bridgehead atoms. The minimum atomic E-state index is -0.590. The molecular weight excluding hydrogens is 467 g/mol. The second-order valence-electron chi connectivity index (χ2n) is 8.98. The number of methoxy groups -OCH3 is 1. The Morgan fingerprint density at radius 1 is 1.03 bits per heavy atom. The number of likely N-dealkylation sites (tertiary alicyclic amines) is 2. The van der Waals surface area contributed by atoms with Crippen molar-refractivity contribution in [2.24, 2.45) is 5.92 Å². The summed E-state index contributed by atoms with van der Waals surface area (Å²) in [6.07, 6.45) is 3.41. The highest BCUT2D eigenvalue weighted by molar-refractivity contribution is 7.80. The lowest BCUT2D eigenvalue weighted by atomic mass is 9.88. The molecule has 7 nitrogen and oxygen atoms in total. The Kier molecular flexibility index (Phi) is 8.17. The summed E-state index contributed by atoms with van der Waals surface area (Å²) in [6.45, 7) is 2.79. The van der Waals surface area contributed by atoms with E-state index in [-0.39, 0.29) is 23.5 Å². The Morgan fingerprint density at radius 3 is 2.37 bits per heavy atom. The van der Waals surface area contributed by atoms with Gasteiger partial charge < -0.3 is 25.2 Å². The van der Waals surface area contributed by atoms with Gasteiger partial charge in [0, 0.05) is 37.4 Å². The third kappa shape index (κ3) is 6.28. The zero-order valence-corrected chi connectivity index (χ0v) is 20.7. The molecule has 0 aromatic heterocycles. The average Bonchev–Trinajstić information content (AvgIpc) is 3.43. The number of nitrogens with one attached hydrogen (secondary N) is 2. The number of hydrogen-bond acceptors (Lipinski definition) is 4. The van der Waals surface area contributed by atoms with Crippen LogP contribution in [0.4, 0.5) is 10.1 Å². The molecule has 2 aromatic rings. The van der Waals surface area contributed by atoms with E-state index in [9.17, 15) is 14.0 Å². The molecule has 2 heterocycles. The molecule has 0 spiro atoms. The van der Waals surface area contributed by atoms with Crippen molar-refractivity contribution in [3.63, 3.8) is 0 Å². The molecule has 4 rings (SSSR count). The number of nitrogens with zero attached hydrogens (tertiary/aromatic N) is 2. The van der Waals surface area contributed by atoms with Gasteiger partial charge in [-0.2, -0.15) is 0 Å². The minimum absolute atomic E-state index is 0.00234. The molecule has 2 fully saturated rings. The summed E-state index contributed by atoms with van der Waals surface area (Å²) in [5, 5.41) is 6.75. The number of ether oxygens (including phenoxy) is 1. The van der Waals surface area contributed by atoms with Crippen LogP contribution in [0.5, 0.6) is 5.75 Å². The van der Waals surface area contributed by atoms with E-state index in [1.807, 2.05) is 4.90 Å². The molecule has 0 saturated carbocycles. The van der Waals surface area contributed by atoms with Crippen LogP contribution in [-0.4, -0.2) is 66.1 Å². The van der Waals surface area contributed by atoms with Crippen molar-refractivity contribution in [1.82, 2.24) is 15.1 Å². The first kappa shape index (κ1) is 24.9. The summed E-state index contributed by atoms with van der Waals surface area (Å²) in [5.74, 6) is 0.00615. The number of anilines is 1. The number of amides is 2. The maximum Gasteiger partial charge on any atom is 0.252 e. The molecule has 186 valence electrons. The Balaban J connectivity index is 1.41. The molecule has 0 radical (unpaired) electrons. The van der Waals surface area contributed by atoms with E-state index in [4.69, 9.17) is 17.0 Å². The van der Waals surface area contributed by atoms with Crippen LogP contribution in [0.2, 0.25) is 0 Å². The van der Waals surface area contributed by atoms with Gasteiger partial charge in [0.2, 0.25) is 5.91 Å². The van der Waals surface area contributed by atoms with Gasteiger partial charge in [-0.05, 0) is 86.3 Å². The van der Waals surface area contributed by atoms with Gasteiger partial charge in [-0.1, -0.05) is 6.07 Å². The van der Waals surface area contributed by atoms with Gasteiger partial charge in [-0.3, -0.25) is 9.59 Å². The number of piperidine rings is 1. The van der Waals surface area contributed by atoms with E-state index in [0.29, 0.717) is 42.4 Å². The van der Waals surface area contributed by atoms with E-state index in [1.54, 1.807) is 43.5 Å². The van der Waals surface area contributed by atoms with Gasteiger partial charge in [-0.15, -0.1) is 0 Å². The molecule has 1 atom stereocenters. The van der Waals surface area contributed by atoms with Crippen LogP contribution in [0, 0.1) is 11.7 Å². The van der Waals surface area contributed by atoms with Crippen molar-refractivity contribution in [2.45, 2.75) is 31.7 Å². The minimum Gasteiger partial charge on any atom is -0.497 e. The number of rotatable bonds is 6. The molecular formula is C26H31FN4O3S. The Hall–Kier alpha value is -3.20. The van der Waals surface area contributed by atoms with Crippen molar-refractivity contribution >= 4 is 34.8 Å². The standard InChI is InChI=1S/C26H31FN4O3S/c1-34-22-6-4-5-19(17-22)24(32)29-23(25(33)30-13-2-3-14-30)18-11-15-31(16-12-18)26(35)28-21-9-7-20(27)8-10-21/h4-10,17-18,23H,2-3,11-16H2,1H3,(H,28,35)(H,29,32)/t23-/m0/s1. The van der Waals surface area contributed by atoms with Crippen molar-refractivity contribution < 1.29 is 18.7 Å². The number of thiocarbonyl (C=S) groups is 1. The summed E-state index contributed by atoms with van der Waals surface area (Å²) in [6, 6.07) is 12.4. The third-order valence-electron chi connectivity index (χ3n) is 6.70. The Morgan fingerprint density at radius 2 is 1.71 bits per heavy atom. The highest BCUT2D eigenvalue weighted by Crippen LogP contribution is 2.25. The fourth-order valence-electron chi connectivity index (χ4n) is 4.68. The van der Waals surface area contributed by atoms with Crippen LogP contribution < -0.4 is 15.4 Å². The SMILES string of the molecule is COc1cccc(C(=O)N[C@H](C(=O)N2CCCC2)C2CCN(C(=S)Nc3ccc(F)cc3)CC2)c1. The molecule has 2 saturated heterocycles. The highest BCUT2D eigenvalue weighted by Gasteiger charge is 2.36. The zero-order chi connectivity index (χ0) is 24.8. The lowest BCUT2D eigenvalue weighted by Gasteiger charge is -2.38. The predicted octanol–water partition coefficient (Wildman–Crippen LogP) is 3.66. The molecule has 9 heteroatoms. The predicted molar refractivity (Wildman–Crippen MR) is 137 cm³/mol. The fourth-order valence-corrected chi connectivity index (χ4v) is 4.98. The van der Waals surface area contributed by atoms with Gasteiger partial charge in [-0.25, -0.2) is 4.39 Å². The topological polar surface area (TPSA) is 73.9 Å². The van der Waals surface area contributed by atoms with Crippen LogP contribution in [0.15, 0.2) is 48.5 Å². The van der Waals surface area contributed by atoms with Gasteiger partial charge >= 0.3 is 0 Å². The van der Waals surface area contributed by atoms with Crippen LogP contribution in [0.25, 0.3) is 0 Å². The van der Waals surface area contributed by atoms with Crippen molar-refractivity contribution in [2.75, 3.05) is 38.6 Å². The fraction of sp³-hybridized carbons (Fsp3) is 0.423. The second kappa shape index (κ2) is 11.5. The first-order chi connectivity index (χ1) is 16.9. The molecule has 2 aliphatic rings. The first-order valence-electron chi connectivity index (χ1n) is 12.0. The lowest BCUT2D eigenvalue weighted by Crippen LogP contribution is -2.54. The molecule has 2 amide bonds. The monoisotopic (exact) mass is 498 g/mol. The van der Waals surface area contributed by atoms with E-state index in [1.165, 1.54) is 12.1 Å². The summed E-state index contributed by atoms with van der Waals surface area (Å²) < 4.78 is 18.4. The van der Waals surface area contributed by atoms with Gasteiger partial charge in [0.25, 0.3) is 5.91 Å².